The predicted molar refractivity (Wildman–Crippen MR) is 86.4 cm³/mol. The molecule has 0 heterocycles. The molecule has 0 saturated heterocycles. The zero-order valence-electron chi connectivity index (χ0n) is 13.3. The lowest BCUT2D eigenvalue weighted by Crippen LogP contribution is -2.37. The third kappa shape index (κ3) is 8.25. The summed E-state index contributed by atoms with van der Waals surface area (Å²) in [6, 6.07) is 7.30. The summed E-state index contributed by atoms with van der Waals surface area (Å²) in [5.41, 5.74) is 2.28. The predicted octanol–water partition coefficient (Wildman–Crippen LogP) is 0.928. The van der Waals surface area contributed by atoms with Crippen molar-refractivity contribution in [3.63, 3.8) is 0 Å². The molecule has 23 heavy (non-hydrogen) atoms. The molecule has 3 N–H and O–H groups in total. The van der Waals surface area contributed by atoms with Gasteiger partial charge in [0, 0.05) is 25.2 Å². The topological polar surface area (TPSA) is 96.5 Å². The second kappa shape index (κ2) is 9.24. The number of esters is 1. The standard InChI is InChI=1S/C16H21N3O4/c1-11(8-18-16(22)9-17-12(2)20)19-15-6-4-14(5-7-15)10-23-13(3)21/h4-7,19H,1,8-10H2,2-3H3,(H,17,20)(H,18,22). The molecule has 0 radical (unpaired) electrons. The number of ether oxygens (including phenoxy) is 1. The Kier molecular flexibility index (Phi) is 7.32. The summed E-state index contributed by atoms with van der Waals surface area (Å²) < 4.78 is 4.90. The van der Waals surface area contributed by atoms with Crippen LogP contribution in [0.25, 0.3) is 0 Å². The lowest BCUT2D eigenvalue weighted by Gasteiger charge is -2.11. The highest BCUT2D eigenvalue weighted by Crippen LogP contribution is 2.12. The highest BCUT2D eigenvalue weighted by Gasteiger charge is 2.03. The summed E-state index contributed by atoms with van der Waals surface area (Å²) in [6.45, 7) is 6.94. The quantitative estimate of drug-likeness (QED) is 0.619. The van der Waals surface area contributed by atoms with Crippen LogP contribution in [0.1, 0.15) is 19.4 Å². The number of rotatable bonds is 8. The maximum atomic E-state index is 11.4. The number of carbonyl (C=O) groups excluding carboxylic acids is 3. The molecule has 7 heteroatoms. The monoisotopic (exact) mass is 319 g/mol. The number of hydrogen-bond donors (Lipinski definition) is 3. The molecular weight excluding hydrogens is 298 g/mol. The van der Waals surface area contributed by atoms with Crippen LogP contribution in [0.5, 0.6) is 0 Å². The van der Waals surface area contributed by atoms with Gasteiger partial charge in [-0.25, -0.2) is 0 Å². The van der Waals surface area contributed by atoms with Gasteiger partial charge in [0.2, 0.25) is 11.8 Å². The lowest BCUT2D eigenvalue weighted by atomic mass is 10.2. The Labute approximate surface area is 135 Å². The van der Waals surface area contributed by atoms with Crippen LogP contribution < -0.4 is 16.0 Å². The second-order valence-electron chi connectivity index (χ2n) is 4.89. The van der Waals surface area contributed by atoms with Crippen LogP contribution in [-0.4, -0.2) is 30.9 Å². The minimum Gasteiger partial charge on any atom is -0.461 e. The van der Waals surface area contributed by atoms with E-state index >= 15 is 0 Å². The number of nitrogens with one attached hydrogen (secondary N) is 3. The van der Waals surface area contributed by atoms with Crippen molar-refractivity contribution >= 4 is 23.5 Å². The Balaban J connectivity index is 2.35. The van der Waals surface area contributed by atoms with E-state index in [-0.39, 0.29) is 37.5 Å². The number of amides is 2. The number of anilines is 1. The molecule has 2 amide bonds. The van der Waals surface area contributed by atoms with Gasteiger partial charge in [0.1, 0.15) is 6.61 Å². The first-order valence-corrected chi connectivity index (χ1v) is 7.05. The van der Waals surface area contributed by atoms with Crippen LogP contribution in [0.4, 0.5) is 5.69 Å². The third-order valence-electron chi connectivity index (χ3n) is 2.71. The van der Waals surface area contributed by atoms with Crippen molar-refractivity contribution in [1.82, 2.24) is 10.6 Å². The van der Waals surface area contributed by atoms with Crippen LogP contribution in [0.15, 0.2) is 36.5 Å². The molecule has 0 fully saturated rings. The third-order valence-corrected chi connectivity index (χ3v) is 2.71. The Bertz CT molecular complexity index is 581. The molecule has 1 aromatic carbocycles. The summed E-state index contributed by atoms with van der Waals surface area (Å²) in [7, 11) is 0. The van der Waals surface area contributed by atoms with Crippen molar-refractivity contribution in [3.05, 3.63) is 42.1 Å². The maximum Gasteiger partial charge on any atom is 0.302 e. The Morgan fingerprint density at radius 1 is 1.04 bits per heavy atom. The van der Waals surface area contributed by atoms with E-state index in [1.165, 1.54) is 13.8 Å². The van der Waals surface area contributed by atoms with Crippen molar-refractivity contribution < 1.29 is 19.1 Å². The van der Waals surface area contributed by atoms with E-state index in [0.717, 1.165) is 11.3 Å². The number of hydrogen-bond acceptors (Lipinski definition) is 5. The van der Waals surface area contributed by atoms with E-state index < -0.39 is 0 Å². The van der Waals surface area contributed by atoms with Gasteiger partial charge in [-0.15, -0.1) is 0 Å². The van der Waals surface area contributed by atoms with E-state index in [9.17, 15) is 14.4 Å². The van der Waals surface area contributed by atoms with Crippen molar-refractivity contribution in [3.8, 4) is 0 Å². The SMILES string of the molecule is C=C(CNC(=O)CNC(C)=O)Nc1ccc(COC(C)=O)cc1. The van der Waals surface area contributed by atoms with E-state index in [1.807, 2.05) is 24.3 Å². The molecule has 7 nitrogen and oxygen atoms in total. The van der Waals surface area contributed by atoms with E-state index in [4.69, 9.17) is 4.74 Å². The van der Waals surface area contributed by atoms with E-state index in [2.05, 4.69) is 22.5 Å². The van der Waals surface area contributed by atoms with Gasteiger partial charge >= 0.3 is 5.97 Å². The molecule has 0 aromatic heterocycles. The van der Waals surface area contributed by atoms with Gasteiger partial charge < -0.3 is 20.7 Å². The van der Waals surface area contributed by atoms with Gasteiger partial charge in [-0.1, -0.05) is 18.7 Å². The molecule has 0 aliphatic rings. The fourth-order valence-electron chi connectivity index (χ4n) is 1.59. The highest BCUT2D eigenvalue weighted by atomic mass is 16.5. The summed E-state index contributed by atoms with van der Waals surface area (Å²) in [5.74, 6) is -0.874. The summed E-state index contributed by atoms with van der Waals surface area (Å²) in [4.78, 5) is 32.9. The fraction of sp³-hybridized carbons (Fsp3) is 0.312. The van der Waals surface area contributed by atoms with Crippen molar-refractivity contribution in [2.75, 3.05) is 18.4 Å². The van der Waals surface area contributed by atoms with Crippen LogP contribution in [0, 0.1) is 0 Å². The number of benzene rings is 1. The minimum atomic E-state index is -0.324. The second-order valence-corrected chi connectivity index (χ2v) is 4.89. The van der Waals surface area contributed by atoms with Crippen LogP contribution in [0.3, 0.4) is 0 Å². The highest BCUT2D eigenvalue weighted by molar-refractivity contribution is 5.83. The van der Waals surface area contributed by atoms with Gasteiger partial charge in [-0.3, -0.25) is 14.4 Å². The molecule has 0 bridgehead atoms. The molecular formula is C16H21N3O4. The molecule has 124 valence electrons. The van der Waals surface area contributed by atoms with Crippen molar-refractivity contribution in [2.45, 2.75) is 20.5 Å². The first kappa shape index (κ1) is 18.2. The molecule has 1 aromatic rings. The number of carbonyl (C=O) groups is 3. The fourth-order valence-corrected chi connectivity index (χ4v) is 1.59. The lowest BCUT2D eigenvalue weighted by molar-refractivity contribution is -0.142. The molecule has 0 saturated carbocycles. The van der Waals surface area contributed by atoms with E-state index in [1.54, 1.807) is 0 Å². The molecule has 0 spiro atoms. The molecule has 1 rings (SSSR count). The molecule has 0 aliphatic heterocycles. The molecule has 0 unspecified atom stereocenters. The van der Waals surface area contributed by atoms with Gasteiger partial charge in [0.15, 0.2) is 0 Å². The Hall–Kier alpha value is -2.83. The molecule has 0 atom stereocenters. The smallest absolute Gasteiger partial charge is 0.302 e. The van der Waals surface area contributed by atoms with Crippen LogP contribution >= 0.6 is 0 Å². The average Bonchev–Trinajstić information content (AvgIpc) is 2.50. The summed E-state index contributed by atoms with van der Waals surface area (Å²) in [6.07, 6.45) is 0. The van der Waals surface area contributed by atoms with Gasteiger partial charge in [0.25, 0.3) is 0 Å². The normalized spacial score (nSPS) is 9.65. The van der Waals surface area contributed by atoms with Gasteiger partial charge in [-0.2, -0.15) is 0 Å². The first-order chi connectivity index (χ1) is 10.9. The Morgan fingerprint density at radius 3 is 2.26 bits per heavy atom. The zero-order valence-corrected chi connectivity index (χ0v) is 13.3. The van der Waals surface area contributed by atoms with Crippen molar-refractivity contribution in [1.29, 1.82) is 0 Å². The maximum absolute atomic E-state index is 11.4. The first-order valence-electron chi connectivity index (χ1n) is 7.05. The van der Waals surface area contributed by atoms with E-state index in [0.29, 0.717) is 5.70 Å². The Morgan fingerprint density at radius 2 is 1.70 bits per heavy atom. The van der Waals surface area contributed by atoms with Crippen molar-refractivity contribution in [2.24, 2.45) is 0 Å². The summed E-state index contributed by atoms with van der Waals surface area (Å²) in [5, 5.41) is 8.09. The average molecular weight is 319 g/mol. The van der Waals surface area contributed by atoms with Gasteiger partial charge in [-0.05, 0) is 17.7 Å². The summed E-state index contributed by atoms with van der Waals surface area (Å²) >= 11 is 0. The van der Waals surface area contributed by atoms with Crippen LogP contribution in [-0.2, 0) is 25.7 Å². The van der Waals surface area contributed by atoms with Crippen LogP contribution in [0.2, 0.25) is 0 Å². The zero-order chi connectivity index (χ0) is 17.2. The largest absolute Gasteiger partial charge is 0.461 e. The molecule has 0 aliphatic carbocycles. The minimum absolute atomic E-state index is 0.0620. The van der Waals surface area contributed by atoms with Gasteiger partial charge in [0.05, 0.1) is 13.1 Å².